The number of halogens is 1. The van der Waals surface area contributed by atoms with Gasteiger partial charge in [-0.2, -0.15) is 0 Å². The van der Waals surface area contributed by atoms with Crippen molar-refractivity contribution in [3.05, 3.63) is 52.4 Å². The van der Waals surface area contributed by atoms with Gasteiger partial charge in [0.05, 0.1) is 19.1 Å². The van der Waals surface area contributed by atoms with E-state index in [0.717, 1.165) is 12.0 Å². The van der Waals surface area contributed by atoms with Crippen LogP contribution in [0, 0.1) is 5.92 Å². The third-order valence-electron chi connectivity index (χ3n) is 5.16. The van der Waals surface area contributed by atoms with E-state index in [-0.39, 0.29) is 17.6 Å². The van der Waals surface area contributed by atoms with Crippen LogP contribution in [0.25, 0.3) is 0 Å². The number of benzene rings is 1. The number of hydrogen-bond acceptors (Lipinski definition) is 4. The first kappa shape index (κ1) is 21.6. The Morgan fingerprint density at radius 3 is 2.59 bits per heavy atom. The number of rotatable bonds is 8. The quantitative estimate of drug-likeness (QED) is 0.563. The smallest absolute Gasteiger partial charge is 0.291 e. The number of carbonyl (C=O) groups is 2. The second-order valence-corrected chi connectivity index (χ2v) is 8.23. The Morgan fingerprint density at radius 2 is 1.90 bits per heavy atom. The lowest BCUT2D eigenvalue weighted by atomic mass is 9.88. The van der Waals surface area contributed by atoms with Crippen LogP contribution in [-0.2, 0) is 16.0 Å². The van der Waals surface area contributed by atoms with Crippen LogP contribution in [0.15, 0.2) is 45.5 Å². The SMILES string of the molecule is CC1CCCCC1OCCNC(=O)Cc1ccc(NC(=O)c2ccc(Br)o2)cc1. The van der Waals surface area contributed by atoms with Crippen molar-refractivity contribution >= 4 is 33.4 Å². The van der Waals surface area contributed by atoms with Gasteiger partial charge in [-0.1, -0.05) is 31.9 Å². The fourth-order valence-corrected chi connectivity index (χ4v) is 3.82. The number of amides is 2. The van der Waals surface area contributed by atoms with E-state index in [1.54, 1.807) is 24.3 Å². The van der Waals surface area contributed by atoms with Gasteiger partial charge in [-0.15, -0.1) is 0 Å². The molecule has 1 aromatic carbocycles. The second kappa shape index (κ2) is 10.6. The van der Waals surface area contributed by atoms with Crippen molar-refractivity contribution in [3.63, 3.8) is 0 Å². The molecule has 1 aliphatic rings. The second-order valence-electron chi connectivity index (χ2n) is 7.45. The van der Waals surface area contributed by atoms with E-state index < -0.39 is 0 Å². The first-order valence-electron chi connectivity index (χ1n) is 10.0. The van der Waals surface area contributed by atoms with E-state index in [0.29, 0.717) is 42.0 Å². The lowest BCUT2D eigenvalue weighted by molar-refractivity contribution is -0.120. The van der Waals surface area contributed by atoms with Gasteiger partial charge in [0.15, 0.2) is 10.4 Å². The van der Waals surface area contributed by atoms with Gasteiger partial charge in [-0.25, -0.2) is 0 Å². The highest BCUT2D eigenvalue weighted by Crippen LogP contribution is 2.26. The molecule has 1 aromatic heterocycles. The van der Waals surface area contributed by atoms with E-state index in [2.05, 4.69) is 33.5 Å². The highest BCUT2D eigenvalue weighted by Gasteiger charge is 2.21. The van der Waals surface area contributed by atoms with E-state index in [4.69, 9.17) is 9.15 Å². The van der Waals surface area contributed by atoms with Crippen LogP contribution >= 0.6 is 15.9 Å². The van der Waals surface area contributed by atoms with Crippen molar-refractivity contribution in [1.29, 1.82) is 0 Å². The van der Waals surface area contributed by atoms with Gasteiger partial charge in [0.1, 0.15) is 0 Å². The maximum atomic E-state index is 12.1. The minimum absolute atomic E-state index is 0.0393. The molecule has 1 fully saturated rings. The molecule has 0 spiro atoms. The van der Waals surface area contributed by atoms with E-state index in [9.17, 15) is 9.59 Å². The third-order valence-corrected chi connectivity index (χ3v) is 5.59. The summed E-state index contributed by atoms with van der Waals surface area (Å²) in [7, 11) is 0. The highest BCUT2D eigenvalue weighted by atomic mass is 79.9. The Labute approximate surface area is 179 Å². The molecule has 7 heteroatoms. The lowest BCUT2D eigenvalue weighted by Crippen LogP contribution is -2.32. The summed E-state index contributed by atoms with van der Waals surface area (Å²) in [5.41, 5.74) is 1.52. The molecule has 2 N–H and O–H groups in total. The molecule has 0 radical (unpaired) electrons. The number of ether oxygens (including phenoxy) is 1. The van der Waals surface area contributed by atoms with Gasteiger partial charge < -0.3 is 19.8 Å². The first-order chi connectivity index (χ1) is 14.0. The zero-order valence-electron chi connectivity index (χ0n) is 16.6. The average Bonchev–Trinajstić information content (AvgIpc) is 3.14. The van der Waals surface area contributed by atoms with E-state index in [1.165, 1.54) is 19.3 Å². The predicted molar refractivity (Wildman–Crippen MR) is 115 cm³/mol. The molecule has 2 aromatic rings. The van der Waals surface area contributed by atoms with Crippen molar-refractivity contribution in [2.45, 2.75) is 45.1 Å². The highest BCUT2D eigenvalue weighted by molar-refractivity contribution is 9.10. The fraction of sp³-hybridized carbons (Fsp3) is 0.455. The topological polar surface area (TPSA) is 80.6 Å². The number of furan rings is 1. The van der Waals surface area contributed by atoms with Crippen LogP contribution in [-0.4, -0.2) is 31.1 Å². The Morgan fingerprint density at radius 1 is 1.14 bits per heavy atom. The number of carbonyl (C=O) groups excluding carboxylic acids is 2. The molecule has 2 atom stereocenters. The summed E-state index contributed by atoms with van der Waals surface area (Å²) in [4.78, 5) is 24.2. The molecule has 1 heterocycles. The maximum absolute atomic E-state index is 12.1. The van der Waals surface area contributed by atoms with Crippen molar-refractivity contribution in [2.75, 3.05) is 18.5 Å². The lowest BCUT2D eigenvalue weighted by Gasteiger charge is -2.28. The van der Waals surface area contributed by atoms with Gasteiger partial charge in [0.2, 0.25) is 5.91 Å². The van der Waals surface area contributed by atoms with Crippen LogP contribution in [0.3, 0.4) is 0 Å². The normalized spacial score (nSPS) is 19.0. The van der Waals surface area contributed by atoms with Gasteiger partial charge in [0, 0.05) is 12.2 Å². The summed E-state index contributed by atoms with van der Waals surface area (Å²) in [5.74, 6) is 0.467. The monoisotopic (exact) mass is 462 g/mol. The van der Waals surface area contributed by atoms with Gasteiger partial charge in [-0.05, 0) is 64.5 Å². The summed E-state index contributed by atoms with van der Waals surface area (Å²) < 4.78 is 11.6. The molecule has 0 aliphatic heterocycles. The standard InChI is InChI=1S/C22H27BrN2O4/c1-15-4-2-3-5-18(15)28-13-12-24-21(26)14-16-6-8-17(9-7-16)25-22(27)19-10-11-20(23)29-19/h6-11,15,18H,2-5,12-14H2,1H3,(H,24,26)(H,25,27). The molecular weight excluding hydrogens is 436 g/mol. The number of nitrogens with one attached hydrogen (secondary N) is 2. The largest absolute Gasteiger partial charge is 0.444 e. The van der Waals surface area contributed by atoms with Gasteiger partial charge in [0.25, 0.3) is 5.91 Å². The van der Waals surface area contributed by atoms with Crippen LogP contribution < -0.4 is 10.6 Å². The van der Waals surface area contributed by atoms with Crippen molar-refractivity contribution < 1.29 is 18.7 Å². The molecule has 29 heavy (non-hydrogen) atoms. The minimum atomic E-state index is -0.325. The Hall–Kier alpha value is -2.12. The molecule has 2 amide bonds. The molecular formula is C22H27BrN2O4. The number of hydrogen-bond donors (Lipinski definition) is 2. The molecule has 2 unspecified atom stereocenters. The minimum Gasteiger partial charge on any atom is -0.444 e. The van der Waals surface area contributed by atoms with Crippen LogP contribution in [0.5, 0.6) is 0 Å². The Kier molecular flexibility index (Phi) is 7.89. The number of anilines is 1. The van der Waals surface area contributed by atoms with Crippen LogP contribution in [0.4, 0.5) is 5.69 Å². The summed E-state index contributed by atoms with van der Waals surface area (Å²) in [6.45, 7) is 3.31. The zero-order chi connectivity index (χ0) is 20.6. The van der Waals surface area contributed by atoms with Crippen LogP contribution in [0.1, 0.15) is 48.7 Å². The molecule has 0 saturated heterocycles. The summed E-state index contributed by atoms with van der Waals surface area (Å²) in [5, 5.41) is 5.66. The molecule has 3 rings (SSSR count). The van der Waals surface area contributed by atoms with Crippen molar-refractivity contribution in [2.24, 2.45) is 5.92 Å². The molecule has 1 saturated carbocycles. The molecule has 156 valence electrons. The maximum Gasteiger partial charge on any atom is 0.291 e. The third kappa shape index (κ3) is 6.72. The fourth-order valence-electron chi connectivity index (χ4n) is 3.51. The average molecular weight is 463 g/mol. The summed E-state index contributed by atoms with van der Waals surface area (Å²) in [6, 6.07) is 10.5. The zero-order valence-corrected chi connectivity index (χ0v) is 18.2. The first-order valence-corrected chi connectivity index (χ1v) is 10.8. The molecule has 1 aliphatic carbocycles. The van der Waals surface area contributed by atoms with Crippen LogP contribution in [0.2, 0.25) is 0 Å². The van der Waals surface area contributed by atoms with Gasteiger partial charge in [-0.3, -0.25) is 9.59 Å². The predicted octanol–water partition coefficient (Wildman–Crippen LogP) is 4.55. The summed E-state index contributed by atoms with van der Waals surface area (Å²) in [6.07, 6.45) is 5.49. The molecule has 0 bridgehead atoms. The van der Waals surface area contributed by atoms with Gasteiger partial charge >= 0.3 is 0 Å². The van der Waals surface area contributed by atoms with E-state index >= 15 is 0 Å². The summed E-state index contributed by atoms with van der Waals surface area (Å²) >= 11 is 3.17. The Bertz CT molecular complexity index is 818. The van der Waals surface area contributed by atoms with Crippen molar-refractivity contribution in [3.8, 4) is 0 Å². The Balaban J connectivity index is 1.37. The van der Waals surface area contributed by atoms with E-state index in [1.807, 2.05) is 12.1 Å². The molecule has 6 nitrogen and oxygen atoms in total. The van der Waals surface area contributed by atoms with Crippen molar-refractivity contribution in [1.82, 2.24) is 5.32 Å².